The van der Waals surface area contributed by atoms with Gasteiger partial charge >= 0.3 is 0 Å². The van der Waals surface area contributed by atoms with Crippen molar-refractivity contribution in [1.82, 2.24) is 5.43 Å². The third kappa shape index (κ3) is 5.74. The molecule has 0 fully saturated rings. The number of nitrogens with one attached hydrogen (secondary N) is 2. The Morgan fingerprint density at radius 3 is 2.39 bits per heavy atom. The molecule has 1 amide bonds. The van der Waals surface area contributed by atoms with E-state index >= 15 is 0 Å². The molecule has 3 rings (SSSR count). The van der Waals surface area contributed by atoms with Gasteiger partial charge in [0.05, 0.1) is 18.2 Å². The fraction of sp³-hybridized carbons (Fsp3) is 0.0476. The lowest BCUT2D eigenvalue weighted by atomic mass is 10.2. The second-order valence-electron chi connectivity index (χ2n) is 6.26. The predicted molar refractivity (Wildman–Crippen MR) is 118 cm³/mol. The van der Waals surface area contributed by atoms with E-state index in [0.29, 0.717) is 16.3 Å². The van der Waals surface area contributed by atoms with E-state index in [2.05, 4.69) is 15.2 Å². The van der Waals surface area contributed by atoms with Gasteiger partial charge in [0.15, 0.2) is 0 Å². The van der Waals surface area contributed by atoms with E-state index in [4.69, 9.17) is 16.3 Å². The average molecular weight is 460 g/mol. The lowest BCUT2D eigenvalue weighted by Crippen LogP contribution is -2.18. The summed E-state index contributed by atoms with van der Waals surface area (Å²) >= 11 is 5.78. The van der Waals surface area contributed by atoms with Crippen LogP contribution in [0.5, 0.6) is 11.5 Å². The largest absolute Gasteiger partial charge is 0.507 e. The molecule has 0 aliphatic heterocycles. The molecule has 10 heteroatoms. The first-order chi connectivity index (χ1) is 14.8. The first kappa shape index (κ1) is 22.1. The van der Waals surface area contributed by atoms with Crippen LogP contribution in [0.3, 0.4) is 0 Å². The van der Waals surface area contributed by atoms with Crippen LogP contribution in [0.2, 0.25) is 5.02 Å². The summed E-state index contributed by atoms with van der Waals surface area (Å²) in [7, 11) is -2.29. The van der Waals surface area contributed by atoms with E-state index in [-0.39, 0.29) is 21.9 Å². The molecule has 0 saturated carbocycles. The number of phenolic OH excluding ortho intramolecular Hbond substituents is 1. The molecule has 0 atom stereocenters. The van der Waals surface area contributed by atoms with Crippen LogP contribution in [0.15, 0.2) is 76.7 Å². The summed E-state index contributed by atoms with van der Waals surface area (Å²) in [6, 6.07) is 16.2. The van der Waals surface area contributed by atoms with Gasteiger partial charge in [-0.3, -0.25) is 9.52 Å². The normalized spacial score (nSPS) is 11.3. The Hall–Kier alpha value is -3.56. The number of hydrogen-bond acceptors (Lipinski definition) is 6. The zero-order chi connectivity index (χ0) is 22.4. The highest BCUT2D eigenvalue weighted by Crippen LogP contribution is 2.21. The molecule has 0 aliphatic carbocycles. The van der Waals surface area contributed by atoms with Crippen LogP contribution >= 0.6 is 11.6 Å². The van der Waals surface area contributed by atoms with Crippen molar-refractivity contribution in [3.05, 3.63) is 82.9 Å². The molecular weight excluding hydrogens is 442 g/mol. The van der Waals surface area contributed by atoms with Crippen molar-refractivity contribution in [2.45, 2.75) is 4.90 Å². The van der Waals surface area contributed by atoms with Gasteiger partial charge in [0.25, 0.3) is 15.9 Å². The maximum absolute atomic E-state index is 12.4. The molecule has 0 radical (unpaired) electrons. The minimum absolute atomic E-state index is 0.0175. The number of halogens is 1. The molecule has 160 valence electrons. The molecule has 8 nitrogen and oxygen atoms in total. The highest BCUT2D eigenvalue weighted by molar-refractivity contribution is 7.92. The van der Waals surface area contributed by atoms with E-state index in [1.807, 2.05) is 0 Å². The molecule has 3 aromatic carbocycles. The Morgan fingerprint density at radius 2 is 1.74 bits per heavy atom. The standard InChI is InChI=1S/C21H18ClN3O5S/c1-30-18-8-11-20(26)15(12-18)13-23-24-21(27)14-2-6-17(7-3-14)25-31(28,29)19-9-4-16(22)5-10-19/h2-13,25-26H,1H3,(H,24,27). The first-order valence-electron chi connectivity index (χ1n) is 8.87. The topological polar surface area (TPSA) is 117 Å². The lowest BCUT2D eigenvalue weighted by molar-refractivity contribution is 0.0955. The molecule has 0 aliphatic rings. The van der Waals surface area contributed by atoms with Crippen molar-refractivity contribution >= 4 is 39.4 Å². The molecule has 0 aromatic heterocycles. The number of ether oxygens (including phenoxy) is 1. The van der Waals surface area contributed by atoms with Crippen LogP contribution < -0.4 is 14.9 Å². The number of phenols is 1. The minimum Gasteiger partial charge on any atom is -0.507 e. The van der Waals surface area contributed by atoms with Crippen molar-refractivity contribution in [2.75, 3.05) is 11.8 Å². The third-order valence-electron chi connectivity index (χ3n) is 4.13. The van der Waals surface area contributed by atoms with Crippen molar-refractivity contribution in [3.63, 3.8) is 0 Å². The number of aromatic hydroxyl groups is 1. The maximum atomic E-state index is 12.4. The Bertz CT molecular complexity index is 1210. The molecular formula is C21H18ClN3O5S. The molecule has 0 bridgehead atoms. The number of amides is 1. The Morgan fingerprint density at radius 1 is 1.06 bits per heavy atom. The summed E-state index contributed by atoms with van der Waals surface area (Å²) in [5.41, 5.74) is 3.26. The number of methoxy groups -OCH3 is 1. The summed E-state index contributed by atoms with van der Waals surface area (Å²) < 4.78 is 32.3. The fourth-order valence-electron chi connectivity index (χ4n) is 2.51. The van der Waals surface area contributed by atoms with Gasteiger partial charge in [0.1, 0.15) is 11.5 Å². The van der Waals surface area contributed by atoms with Gasteiger partial charge in [-0.1, -0.05) is 11.6 Å². The van der Waals surface area contributed by atoms with Gasteiger partial charge in [-0.25, -0.2) is 13.8 Å². The second-order valence-corrected chi connectivity index (χ2v) is 8.38. The lowest BCUT2D eigenvalue weighted by Gasteiger charge is -2.09. The van der Waals surface area contributed by atoms with Crippen molar-refractivity contribution in [1.29, 1.82) is 0 Å². The van der Waals surface area contributed by atoms with E-state index in [0.717, 1.165) is 0 Å². The summed E-state index contributed by atoms with van der Waals surface area (Å²) in [6.07, 6.45) is 1.28. The number of hydrogen-bond donors (Lipinski definition) is 3. The van der Waals surface area contributed by atoms with E-state index < -0.39 is 15.9 Å². The average Bonchev–Trinajstić information content (AvgIpc) is 2.75. The molecule has 0 spiro atoms. The van der Waals surface area contributed by atoms with Gasteiger partial charge in [-0.05, 0) is 66.7 Å². The summed E-state index contributed by atoms with van der Waals surface area (Å²) in [5, 5.41) is 14.1. The number of hydrazone groups is 1. The number of rotatable bonds is 7. The van der Waals surface area contributed by atoms with Gasteiger partial charge < -0.3 is 9.84 Å². The first-order valence-corrected chi connectivity index (χ1v) is 10.7. The van der Waals surface area contributed by atoms with Crippen LogP contribution in [-0.2, 0) is 10.0 Å². The van der Waals surface area contributed by atoms with Crippen LogP contribution in [0.1, 0.15) is 15.9 Å². The zero-order valence-electron chi connectivity index (χ0n) is 16.2. The Kier molecular flexibility index (Phi) is 6.78. The number of benzene rings is 3. The SMILES string of the molecule is COc1ccc(O)c(C=NNC(=O)c2ccc(NS(=O)(=O)c3ccc(Cl)cc3)cc2)c1. The molecule has 0 unspecified atom stereocenters. The molecule has 3 N–H and O–H groups in total. The smallest absolute Gasteiger partial charge is 0.271 e. The predicted octanol–water partition coefficient (Wildman–Crippen LogP) is 3.62. The van der Waals surface area contributed by atoms with Crippen LogP contribution in [0.25, 0.3) is 0 Å². The summed E-state index contributed by atoms with van der Waals surface area (Å²) in [6.45, 7) is 0. The van der Waals surface area contributed by atoms with Crippen LogP contribution in [0, 0.1) is 0 Å². The highest BCUT2D eigenvalue weighted by atomic mass is 35.5. The second kappa shape index (κ2) is 9.50. The Balaban J connectivity index is 1.64. The van der Waals surface area contributed by atoms with Crippen LogP contribution in [0.4, 0.5) is 5.69 Å². The van der Waals surface area contributed by atoms with Crippen molar-refractivity contribution < 1.29 is 23.1 Å². The molecule has 3 aromatic rings. The van der Waals surface area contributed by atoms with Gasteiger partial charge in [0.2, 0.25) is 0 Å². The minimum atomic E-state index is -3.78. The Labute approximate surface area is 184 Å². The number of sulfonamides is 1. The number of nitrogens with zero attached hydrogens (tertiary/aromatic N) is 1. The van der Waals surface area contributed by atoms with Crippen molar-refractivity contribution in [3.8, 4) is 11.5 Å². The maximum Gasteiger partial charge on any atom is 0.271 e. The van der Waals surface area contributed by atoms with Crippen molar-refractivity contribution in [2.24, 2.45) is 5.10 Å². The number of anilines is 1. The monoisotopic (exact) mass is 459 g/mol. The summed E-state index contributed by atoms with van der Waals surface area (Å²) in [4.78, 5) is 12.3. The van der Waals surface area contributed by atoms with Gasteiger partial charge in [-0.2, -0.15) is 5.10 Å². The van der Waals surface area contributed by atoms with E-state index in [1.54, 1.807) is 12.1 Å². The number of carbonyl (C=O) groups is 1. The quantitative estimate of drug-likeness (QED) is 0.368. The van der Waals surface area contributed by atoms with Gasteiger partial charge in [0, 0.05) is 21.8 Å². The van der Waals surface area contributed by atoms with Gasteiger partial charge in [-0.15, -0.1) is 0 Å². The van der Waals surface area contributed by atoms with E-state index in [1.165, 1.54) is 67.9 Å². The van der Waals surface area contributed by atoms with Crippen LogP contribution in [-0.4, -0.2) is 32.8 Å². The highest BCUT2D eigenvalue weighted by Gasteiger charge is 2.14. The fourth-order valence-corrected chi connectivity index (χ4v) is 3.69. The molecule has 0 heterocycles. The summed E-state index contributed by atoms with van der Waals surface area (Å²) in [5.74, 6) is 0.00378. The van der Waals surface area contributed by atoms with E-state index in [9.17, 15) is 18.3 Å². The molecule has 0 saturated heterocycles. The zero-order valence-corrected chi connectivity index (χ0v) is 17.8. The molecule has 31 heavy (non-hydrogen) atoms. The number of carbonyl (C=O) groups excluding carboxylic acids is 1. The third-order valence-corrected chi connectivity index (χ3v) is 5.78.